The number of fused-ring (bicyclic) bond motifs is 1. The number of hydrogen-bond donors (Lipinski definition) is 0. The highest BCUT2D eigenvalue weighted by molar-refractivity contribution is 5.61. The molecular weight excluding hydrogens is 319 g/mol. The third-order valence-corrected chi connectivity index (χ3v) is 4.27. The molecule has 0 saturated heterocycles. The topological polar surface area (TPSA) is 21.7 Å². The molecule has 1 aliphatic heterocycles. The van der Waals surface area contributed by atoms with Gasteiger partial charge in [0, 0.05) is 17.8 Å². The predicted molar refractivity (Wildman–Crippen MR) is 85.8 cm³/mol. The third kappa shape index (κ3) is 2.77. The zero-order valence-electron chi connectivity index (χ0n) is 13.4. The van der Waals surface area contributed by atoms with Crippen molar-refractivity contribution in [3.63, 3.8) is 0 Å². The van der Waals surface area contributed by atoms with Gasteiger partial charge in [0.15, 0.2) is 17.5 Å². The van der Waals surface area contributed by atoms with Gasteiger partial charge in [-0.1, -0.05) is 30.3 Å². The molecule has 1 heterocycles. The second-order valence-corrected chi connectivity index (χ2v) is 5.60. The van der Waals surface area contributed by atoms with Crippen molar-refractivity contribution in [1.29, 1.82) is 0 Å². The van der Waals surface area contributed by atoms with E-state index in [0.29, 0.717) is 18.7 Å². The van der Waals surface area contributed by atoms with Gasteiger partial charge in [0.1, 0.15) is 0 Å². The van der Waals surface area contributed by atoms with Crippen LogP contribution >= 0.6 is 0 Å². The number of hydrogen-bond acceptors (Lipinski definition) is 3. The fourth-order valence-corrected chi connectivity index (χ4v) is 3.28. The van der Waals surface area contributed by atoms with Gasteiger partial charge in [-0.25, -0.2) is 0 Å². The van der Waals surface area contributed by atoms with Gasteiger partial charge < -0.3 is 14.4 Å². The highest BCUT2D eigenvalue weighted by Gasteiger charge is 2.48. The van der Waals surface area contributed by atoms with Crippen LogP contribution in [0.2, 0.25) is 0 Å². The molecule has 0 saturated carbocycles. The van der Waals surface area contributed by atoms with Crippen LogP contribution < -0.4 is 14.4 Å². The van der Waals surface area contributed by atoms with E-state index in [1.807, 2.05) is 12.1 Å². The molecule has 6 heteroatoms. The summed E-state index contributed by atoms with van der Waals surface area (Å²) < 4.78 is 52.3. The Morgan fingerprint density at radius 3 is 2.42 bits per heavy atom. The summed E-state index contributed by atoms with van der Waals surface area (Å²) in [5, 5.41) is 0. The Hall–Kier alpha value is -2.37. The first-order valence-corrected chi connectivity index (χ1v) is 7.59. The van der Waals surface area contributed by atoms with Crippen molar-refractivity contribution in [2.45, 2.75) is 18.6 Å². The normalized spacial score (nSPS) is 15.1. The smallest absolute Gasteiger partial charge is 0.413 e. The predicted octanol–water partition coefficient (Wildman–Crippen LogP) is 4.37. The summed E-state index contributed by atoms with van der Waals surface area (Å²) in [6, 6.07) is 10.0. The molecule has 0 spiro atoms. The van der Waals surface area contributed by atoms with E-state index in [9.17, 15) is 13.2 Å². The minimum Gasteiger partial charge on any atom is -0.493 e. The fraction of sp³-hybridized carbons (Fsp3) is 0.333. The van der Waals surface area contributed by atoms with Crippen molar-refractivity contribution < 1.29 is 22.6 Å². The van der Waals surface area contributed by atoms with Gasteiger partial charge in [-0.3, -0.25) is 0 Å². The summed E-state index contributed by atoms with van der Waals surface area (Å²) >= 11 is 0. The minimum absolute atomic E-state index is 0.0565. The molecule has 0 N–H and O–H groups in total. The minimum atomic E-state index is -4.45. The number of nitrogens with zero attached hydrogens (tertiary/aromatic N) is 1. The lowest BCUT2D eigenvalue weighted by atomic mass is 10.0. The van der Waals surface area contributed by atoms with E-state index in [1.54, 1.807) is 24.3 Å². The molecule has 1 atom stereocenters. The Morgan fingerprint density at radius 1 is 1.00 bits per heavy atom. The first-order chi connectivity index (χ1) is 11.5. The number of benzene rings is 2. The van der Waals surface area contributed by atoms with Crippen LogP contribution in [0.3, 0.4) is 0 Å². The Balaban J connectivity index is 2.14. The molecule has 3 nitrogen and oxygen atoms in total. The number of rotatable bonds is 4. The van der Waals surface area contributed by atoms with Crippen molar-refractivity contribution in [1.82, 2.24) is 0 Å². The quantitative estimate of drug-likeness (QED) is 0.827. The molecule has 128 valence electrons. The number of anilines is 1. The molecule has 1 unspecified atom stereocenters. The molecule has 24 heavy (non-hydrogen) atoms. The van der Waals surface area contributed by atoms with Crippen LogP contribution in [0.1, 0.15) is 17.2 Å². The first kappa shape index (κ1) is 16.5. The highest BCUT2D eigenvalue weighted by Crippen LogP contribution is 2.48. The van der Waals surface area contributed by atoms with Gasteiger partial charge in [0.25, 0.3) is 0 Å². The van der Waals surface area contributed by atoms with Crippen molar-refractivity contribution in [3.05, 3.63) is 53.6 Å². The van der Waals surface area contributed by atoms with Gasteiger partial charge in [-0.15, -0.1) is 0 Å². The average Bonchev–Trinajstić information content (AvgIpc) is 2.97. The van der Waals surface area contributed by atoms with Crippen LogP contribution in [-0.2, 0) is 6.42 Å². The van der Waals surface area contributed by atoms with E-state index in [-0.39, 0.29) is 17.1 Å². The summed E-state index contributed by atoms with van der Waals surface area (Å²) in [5.41, 5.74) is 1.60. The summed E-state index contributed by atoms with van der Waals surface area (Å²) in [5.74, 6) is 0.406. The largest absolute Gasteiger partial charge is 0.493 e. The van der Waals surface area contributed by atoms with Crippen molar-refractivity contribution in [2.24, 2.45) is 0 Å². The maximum atomic E-state index is 14.0. The van der Waals surface area contributed by atoms with Gasteiger partial charge in [-0.05, 0) is 24.1 Å². The van der Waals surface area contributed by atoms with Gasteiger partial charge in [0.2, 0.25) is 0 Å². The Bertz CT molecular complexity index is 730. The second-order valence-electron chi connectivity index (χ2n) is 5.60. The highest BCUT2D eigenvalue weighted by atomic mass is 19.4. The summed E-state index contributed by atoms with van der Waals surface area (Å²) in [6.07, 6.45) is -3.86. The van der Waals surface area contributed by atoms with E-state index < -0.39 is 12.2 Å². The van der Waals surface area contributed by atoms with Crippen molar-refractivity contribution in [2.75, 3.05) is 25.7 Å². The zero-order chi connectivity index (χ0) is 17.3. The lowest BCUT2D eigenvalue weighted by molar-refractivity contribution is -0.150. The second kappa shape index (κ2) is 6.26. The van der Waals surface area contributed by atoms with Gasteiger partial charge >= 0.3 is 6.18 Å². The van der Waals surface area contributed by atoms with E-state index in [0.717, 1.165) is 5.56 Å². The molecule has 1 aliphatic rings. The summed E-state index contributed by atoms with van der Waals surface area (Å²) in [7, 11) is 2.77. The maximum absolute atomic E-state index is 14.0. The van der Waals surface area contributed by atoms with Crippen LogP contribution in [0, 0.1) is 0 Å². The molecule has 0 amide bonds. The molecular formula is C18H18F3NO2. The van der Waals surface area contributed by atoms with Crippen molar-refractivity contribution >= 4 is 5.69 Å². The van der Waals surface area contributed by atoms with Gasteiger partial charge in [0.05, 0.1) is 14.2 Å². The monoisotopic (exact) mass is 337 g/mol. The number of methoxy groups -OCH3 is 2. The summed E-state index contributed by atoms with van der Waals surface area (Å²) in [4.78, 5) is 1.40. The van der Waals surface area contributed by atoms with Crippen LogP contribution in [0.15, 0.2) is 42.5 Å². The zero-order valence-corrected chi connectivity index (χ0v) is 13.4. The fourth-order valence-electron chi connectivity index (χ4n) is 3.28. The summed E-state index contributed by atoms with van der Waals surface area (Å²) in [6.45, 7) is 0.309. The maximum Gasteiger partial charge on any atom is 0.413 e. The van der Waals surface area contributed by atoms with Gasteiger partial charge in [-0.2, -0.15) is 13.2 Å². The Kier molecular flexibility index (Phi) is 4.30. The molecule has 2 aromatic rings. The number of halogens is 3. The lowest BCUT2D eigenvalue weighted by Crippen LogP contribution is -2.37. The number of para-hydroxylation sites is 2. The van der Waals surface area contributed by atoms with Crippen molar-refractivity contribution in [3.8, 4) is 11.5 Å². The molecule has 0 aromatic heterocycles. The number of alkyl halides is 3. The molecule has 3 rings (SSSR count). The van der Waals surface area contributed by atoms with E-state index >= 15 is 0 Å². The molecule has 2 aromatic carbocycles. The Morgan fingerprint density at radius 2 is 1.75 bits per heavy atom. The van der Waals surface area contributed by atoms with Crippen LogP contribution in [0.25, 0.3) is 0 Å². The van der Waals surface area contributed by atoms with E-state index in [4.69, 9.17) is 9.47 Å². The van der Waals surface area contributed by atoms with E-state index in [1.165, 1.54) is 25.2 Å². The van der Waals surface area contributed by atoms with Crippen LogP contribution in [-0.4, -0.2) is 26.9 Å². The van der Waals surface area contributed by atoms with Crippen LogP contribution in [0.4, 0.5) is 18.9 Å². The standard InChI is InChI=1S/C18H18F3NO2/c1-23-15-9-5-7-13(16(15)24-2)17(18(19,20)21)22-11-10-12-6-3-4-8-14(12)22/h3-9,17H,10-11H2,1-2H3. The first-order valence-electron chi connectivity index (χ1n) is 7.59. The molecule has 0 aliphatic carbocycles. The molecule has 0 fully saturated rings. The lowest BCUT2D eigenvalue weighted by Gasteiger charge is -2.33. The molecule has 0 radical (unpaired) electrons. The average molecular weight is 337 g/mol. The molecule has 0 bridgehead atoms. The van der Waals surface area contributed by atoms with E-state index in [2.05, 4.69) is 0 Å². The third-order valence-electron chi connectivity index (χ3n) is 4.27. The van der Waals surface area contributed by atoms with Crippen LogP contribution in [0.5, 0.6) is 11.5 Å². The SMILES string of the molecule is COc1cccc(C(N2CCc3ccccc32)C(F)(F)F)c1OC. The Labute approximate surface area is 138 Å². The number of ether oxygens (including phenoxy) is 2.